The number of hydrogen-bond donors (Lipinski definition) is 0. The van der Waals surface area contributed by atoms with E-state index in [1.807, 2.05) is 12.1 Å². The van der Waals surface area contributed by atoms with Gasteiger partial charge in [-0.3, -0.25) is 0 Å². The third-order valence-corrected chi connectivity index (χ3v) is 5.74. The Morgan fingerprint density at radius 1 is 0.724 bits per heavy atom. The second-order valence-electron chi connectivity index (χ2n) is 7.98. The molecule has 0 aliphatic carbocycles. The van der Waals surface area contributed by atoms with Crippen LogP contribution in [0.3, 0.4) is 0 Å². The Morgan fingerprint density at radius 3 is 1.48 bits per heavy atom. The van der Waals surface area contributed by atoms with Gasteiger partial charge in [0.05, 0.1) is 0 Å². The monoisotopic (exact) mass is 433 g/mol. The van der Waals surface area contributed by atoms with Gasteiger partial charge in [-0.1, -0.05) is 115 Å². The fraction of sp³-hybridized carbons (Fsp3) is 0.750. The zero-order valence-electron chi connectivity index (χ0n) is 20.0. The van der Waals surface area contributed by atoms with Gasteiger partial charge < -0.3 is 10.2 Å². The molecule has 0 bridgehead atoms. The van der Waals surface area contributed by atoms with Crippen molar-refractivity contribution < 1.29 is 43.9 Å². The predicted octanol–water partition coefficient (Wildman–Crippen LogP) is 4.78. The average molecular weight is 434 g/mol. The Bertz CT molecular complexity index is 500. The maximum atomic E-state index is 10.5. The van der Waals surface area contributed by atoms with E-state index in [1.165, 1.54) is 108 Å². The second kappa shape index (κ2) is 21.4. The number of rotatable bonds is 19. The first-order valence-corrected chi connectivity index (χ1v) is 12.6. The molecular formula is C24H42NaO3S-. The number of hydrogen-bond acceptors (Lipinski definition) is 3. The van der Waals surface area contributed by atoms with Gasteiger partial charge in [-0.2, -0.15) is 0 Å². The number of benzene rings is 1. The quantitative estimate of drug-likeness (QED) is 0.179. The van der Waals surface area contributed by atoms with Gasteiger partial charge in [0.25, 0.3) is 0 Å². The van der Waals surface area contributed by atoms with Gasteiger partial charge in [0.15, 0.2) is 0 Å². The van der Waals surface area contributed by atoms with Crippen molar-refractivity contribution in [2.24, 2.45) is 0 Å². The molecule has 0 aromatic heterocycles. The molecule has 0 heterocycles. The standard InChI is InChI=1S/C24H42O3S.Na.H/c1-2-3-4-5-6-7-8-9-10-11-12-13-14-15-16-17-18-23-19-21-24(22-20-23)27-28(25)26;;/h19-22H,2-18H2,1H3,(H,25,26);;/q;+1;-1/p-1. The summed E-state index contributed by atoms with van der Waals surface area (Å²) in [5.74, 6) is 0.379. The molecular weight excluding hydrogens is 391 g/mol. The Hall–Kier alpha value is 0.130. The second-order valence-corrected chi connectivity index (χ2v) is 8.56. The molecule has 0 amide bonds. The zero-order valence-corrected chi connectivity index (χ0v) is 21.8. The largest absolute Gasteiger partial charge is 1.00 e. The van der Waals surface area contributed by atoms with Crippen molar-refractivity contribution in [2.45, 2.75) is 116 Å². The maximum Gasteiger partial charge on any atom is 1.00 e. The van der Waals surface area contributed by atoms with Gasteiger partial charge in [0.2, 0.25) is 0 Å². The molecule has 1 rings (SSSR count). The van der Waals surface area contributed by atoms with Crippen molar-refractivity contribution in [1.29, 1.82) is 0 Å². The molecule has 1 unspecified atom stereocenters. The number of aryl methyl sites for hydroxylation is 1. The van der Waals surface area contributed by atoms with Gasteiger partial charge >= 0.3 is 29.6 Å². The van der Waals surface area contributed by atoms with Crippen LogP contribution in [-0.4, -0.2) is 8.76 Å². The van der Waals surface area contributed by atoms with E-state index in [2.05, 4.69) is 11.1 Å². The van der Waals surface area contributed by atoms with Crippen molar-refractivity contribution in [3.63, 3.8) is 0 Å². The molecule has 0 spiro atoms. The fourth-order valence-corrected chi connectivity index (χ4v) is 3.94. The van der Waals surface area contributed by atoms with Crippen LogP contribution in [0.2, 0.25) is 0 Å². The minimum absolute atomic E-state index is 0. The van der Waals surface area contributed by atoms with Crippen molar-refractivity contribution >= 4 is 11.4 Å². The zero-order chi connectivity index (χ0) is 20.3. The summed E-state index contributed by atoms with van der Waals surface area (Å²) in [6.45, 7) is 2.28. The molecule has 0 fully saturated rings. The van der Waals surface area contributed by atoms with E-state index in [4.69, 9.17) is 0 Å². The maximum absolute atomic E-state index is 10.5. The smallest absolute Gasteiger partial charge is 1.00 e. The minimum Gasteiger partial charge on any atom is -1.00 e. The molecule has 1 aromatic rings. The van der Waals surface area contributed by atoms with Crippen LogP contribution in [0.4, 0.5) is 0 Å². The Balaban J connectivity index is 0. The molecule has 1 atom stereocenters. The third-order valence-electron chi connectivity index (χ3n) is 5.41. The minimum atomic E-state index is -2.49. The van der Waals surface area contributed by atoms with Crippen LogP contribution in [0.5, 0.6) is 5.75 Å². The molecule has 5 heteroatoms. The molecule has 0 N–H and O–H groups in total. The first-order chi connectivity index (χ1) is 13.7. The SMILES string of the molecule is CCCCCCCCCCCCCCCCCCc1ccc(OS(=O)[O-])cc1.[H-].[Na+]. The molecule has 0 saturated carbocycles. The molecule has 0 saturated heterocycles. The van der Waals surface area contributed by atoms with E-state index < -0.39 is 11.4 Å². The predicted molar refractivity (Wildman–Crippen MR) is 120 cm³/mol. The van der Waals surface area contributed by atoms with Crippen LogP contribution in [0, 0.1) is 0 Å². The van der Waals surface area contributed by atoms with E-state index in [9.17, 15) is 8.76 Å². The molecule has 164 valence electrons. The summed E-state index contributed by atoms with van der Waals surface area (Å²) in [6.07, 6.45) is 23.2. The summed E-state index contributed by atoms with van der Waals surface area (Å²) < 4.78 is 25.6. The van der Waals surface area contributed by atoms with E-state index in [1.54, 1.807) is 12.1 Å². The molecule has 0 aliphatic heterocycles. The summed E-state index contributed by atoms with van der Waals surface area (Å²) in [5, 5.41) is 0. The molecule has 0 radical (unpaired) electrons. The summed E-state index contributed by atoms with van der Waals surface area (Å²) in [5.41, 5.74) is 1.24. The summed E-state index contributed by atoms with van der Waals surface area (Å²) >= 11 is -2.49. The van der Waals surface area contributed by atoms with Crippen LogP contribution >= 0.6 is 0 Å². The normalized spacial score (nSPS) is 11.8. The van der Waals surface area contributed by atoms with Gasteiger partial charge in [0, 0.05) is 0 Å². The molecule has 1 aromatic carbocycles. The molecule has 0 aliphatic rings. The van der Waals surface area contributed by atoms with Crippen LogP contribution in [0.1, 0.15) is 117 Å². The Morgan fingerprint density at radius 2 is 1.10 bits per heavy atom. The van der Waals surface area contributed by atoms with E-state index in [0.29, 0.717) is 5.75 Å². The van der Waals surface area contributed by atoms with Crippen molar-refractivity contribution in [3.8, 4) is 5.75 Å². The van der Waals surface area contributed by atoms with Gasteiger partial charge in [0.1, 0.15) is 17.1 Å². The third kappa shape index (κ3) is 18.6. The Labute approximate surface area is 206 Å². The van der Waals surface area contributed by atoms with Crippen molar-refractivity contribution in [1.82, 2.24) is 0 Å². The fourth-order valence-electron chi connectivity index (χ4n) is 3.67. The summed E-state index contributed by atoms with van der Waals surface area (Å²) in [4.78, 5) is 0. The summed E-state index contributed by atoms with van der Waals surface area (Å²) in [6, 6.07) is 7.34. The van der Waals surface area contributed by atoms with Gasteiger partial charge in [-0.25, -0.2) is 4.21 Å². The Kier molecular flexibility index (Phi) is 21.5. The van der Waals surface area contributed by atoms with Crippen LogP contribution < -0.4 is 33.7 Å². The van der Waals surface area contributed by atoms with Gasteiger partial charge in [-0.05, 0) is 30.5 Å². The first-order valence-electron chi connectivity index (χ1n) is 11.6. The van der Waals surface area contributed by atoms with E-state index in [0.717, 1.165) is 6.42 Å². The van der Waals surface area contributed by atoms with E-state index >= 15 is 0 Å². The van der Waals surface area contributed by atoms with E-state index in [-0.39, 0.29) is 31.0 Å². The average Bonchev–Trinajstić information content (AvgIpc) is 2.68. The van der Waals surface area contributed by atoms with Gasteiger partial charge in [-0.15, -0.1) is 0 Å². The molecule has 3 nitrogen and oxygen atoms in total. The van der Waals surface area contributed by atoms with Crippen molar-refractivity contribution in [2.75, 3.05) is 0 Å². The van der Waals surface area contributed by atoms with Crippen LogP contribution in [0.15, 0.2) is 24.3 Å². The topological polar surface area (TPSA) is 49.4 Å². The summed E-state index contributed by atoms with van der Waals surface area (Å²) in [7, 11) is 0. The molecule has 29 heavy (non-hydrogen) atoms. The van der Waals surface area contributed by atoms with Crippen LogP contribution in [-0.2, 0) is 17.8 Å². The first kappa shape index (κ1) is 29.1. The van der Waals surface area contributed by atoms with Crippen molar-refractivity contribution in [3.05, 3.63) is 29.8 Å². The van der Waals surface area contributed by atoms with Crippen LogP contribution in [0.25, 0.3) is 0 Å². The number of unbranched alkanes of at least 4 members (excludes halogenated alkanes) is 15.